The number of imidazole rings is 1. The Hall–Kier alpha value is -1.81. The van der Waals surface area contributed by atoms with Crippen molar-refractivity contribution in [3.05, 3.63) is 42.5 Å². The Morgan fingerprint density at radius 3 is 3.07 bits per heavy atom. The second-order valence-corrected chi connectivity index (χ2v) is 3.07. The molecule has 1 N–H and O–H groups in total. The standard InChI is InChI=1S/C11H12N2O2/c1-15-10-4-2-3-9(7-10)13-6-5-12-11(13)8-14/h2-7,14H,8H2,1H3. The normalized spacial score (nSPS) is 10.3. The van der Waals surface area contributed by atoms with E-state index < -0.39 is 0 Å². The minimum Gasteiger partial charge on any atom is -0.497 e. The maximum atomic E-state index is 9.08. The van der Waals surface area contributed by atoms with Crippen LogP contribution in [0.25, 0.3) is 5.69 Å². The molecule has 0 radical (unpaired) electrons. The van der Waals surface area contributed by atoms with Crippen molar-refractivity contribution in [1.82, 2.24) is 9.55 Å². The predicted molar refractivity (Wildman–Crippen MR) is 56.0 cm³/mol. The zero-order chi connectivity index (χ0) is 10.7. The van der Waals surface area contributed by atoms with Gasteiger partial charge in [0.05, 0.1) is 12.8 Å². The Labute approximate surface area is 87.8 Å². The molecule has 0 bridgehead atoms. The molecule has 0 aliphatic carbocycles. The summed E-state index contributed by atoms with van der Waals surface area (Å²) in [6.45, 7) is -0.0792. The van der Waals surface area contributed by atoms with E-state index in [-0.39, 0.29) is 6.61 Å². The van der Waals surface area contributed by atoms with E-state index in [2.05, 4.69) is 4.98 Å². The third kappa shape index (κ3) is 1.85. The minimum atomic E-state index is -0.0792. The zero-order valence-corrected chi connectivity index (χ0v) is 8.42. The average Bonchev–Trinajstić information content (AvgIpc) is 2.77. The summed E-state index contributed by atoms with van der Waals surface area (Å²) in [4.78, 5) is 4.04. The van der Waals surface area contributed by atoms with E-state index in [1.54, 1.807) is 19.5 Å². The van der Waals surface area contributed by atoms with Crippen LogP contribution >= 0.6 is 0 Å². The number of benzene rings is 1. The van der Waals surface area contributed by atoms with Gasteiger partial charge in [0.2, 0.25) is 0 Å². The summed E-state index contributed by atoms with van der Waals surface area (Å²) in [6.07, 6.45) is 3.46. The smallest absolute Gasteiger partial charge is 0.139 e. The van der Waals surface area contributed by atoms with Crippen molar-refractivity contribution >= 4 is 0 Å². The largest absolute Gasteiger partial charge is 0.497 e. The maximum absolute atomic E-state index is 9.08. The van der Waals surface area contributed by atoms with Crippen molar-refractivity contribution < 1.29 is 9.84 Å². The molecule has 2 rings (SSSR count). The van der Waals surface area contributed by atoms with Crippen LogP contribution in [0.5, 0.6) is 5.75 Å². The van der Waals surface area contributed by atoms with Gasteiger partial charge in [0.1, 0.15) is 18.2 Å². The van der Waals surface area contributed by atoms with Crippen LogP contribution in [0.1, 0.15) is 5.82 Å². The van der Waals surface area contributed by atoms with E-state index in [9.17, 15) is 0 Å². The molecule has 0 atom stereocenters. The summed E-state index contributed by atoms with van der Waals surface area (Å²) in [5.74, 6) is 1.40. The molecule has 0 fully saturated rings. The molecule has 0 aliphatic rings. The Balaban J connectivity index is 2.44. The number of ether oxygens (including phenoxy) is 1. The van der Waals surface area contributed by atoms with E-state index in [4.69, 9.17) is 9.84 Å². The first-order chi connectivity index (χ1) is 7.35. The van der Waals surface area contributed by atoms with E-state index >= 15 is 0 Å². The van der Waals surface area contributed by atoms with Gasteiger partial charge >= 0.3 is 0 Å². The number of rotatable bonds is 3. The Morgan fingerprint density at radius 2 is 2.33 bits per heavy atom. The molecule has 4 nitrogen and oxygen atoms in total. The van der Waals surface area contributed by atoms with Crippen LogP contribution in [0.2, 0.25) is 0 Å². The number of nitrogens with zero attached hydrogens (tertiary/aromatic N) is 2. The molecular formula is C11H12N2O2. The third-order valence-electron chi connectivity index (χ3n) is 2.19. The number of hydrogen-bond donors (Lipinski definition) is 1. The number of aromatic nitrogens is 2. The van der Waals surface area contributed by atoms with E-state index in [1.807, 2.05) is 28.8 Å². The van der Waals surface area contributed by atoms with Crippen LogP contribution in [0.3, 0.4) is 0 Å². The van der Waals surface area contributed by atoms with Crippen molar-refractivity contribution in [3.63, 3.8) is 0 Å². The Kier molecular flexibility index (Phi) is 2.69. The molecule has 1 heterocycles. The van der Waals surface area contributed by atoms with Crippen LogP contribution in [0, 0.1) is 0 Å². The van der Waals surface area contributed by atoms with Crippen LogP contribution in [-0.4, -0.2) is 21.8 Å². The fourth-order valence-corrected chi connectivity index (χ4v) is 1.45. The summed E-state index contributed by atoms with van der Waals surface area (Å²) in [5, 5.41) is 9.08. The Bertz CT molecular complexity index is 451. The predicted octanol–water partition coefficient (Wildman–Crippen LogP) is 1.37. The highest BCUT2D eigenvalue weighted by Gasteiger charge is 2.03. The van der Waals surface area contributed by atoms with Gasteiger partial charge in [-0.3, -0.25) is 0 Å². The van der Waals surface area contributed by atoms with Gasteiger partial charge in [0, 0.05) is 18.5 Å². The summed E-state index contributed by atoms with van der Waals surface area (Å²) in [5.41, 5.74) is 0.927. The maximum Gasteiger partial charge on any atom is 0.139 e. The molecule has 0 saturated heterocycles. The van der Waals surface area contributed by atoms with E-state index in [1.165, 1.54) is 0 Å². The van der Waals surface area contributed by atoms with Gasteiger partial charge in [-0.25, -0.2) is 4.98 Å². The molecule has 78 valence electrons. The quantitative estimate of drug-likeness (QED) is 0.821. The van der Waals surface area contributed by atoms with Crippen molar-refractivity contribution in [2.45, 2.75) is 6.61 Å². The van der Waals surface area contributed by atoms with Crippen molar-refractivity contribution in [2.24, 2.45) is 0 Å². The molecule has 0 saturated carbocycles. The monoisotopic (exact) mass is 204 g/mol. The molecule has 1 aromatic heterocycles. The lowest BCUT2D eigenvalue weighted by molar-refractivity contribution is 0.269. The first-order valence-corrected chi connectivity index (χ1v) is 4.62. The van der Waals surface area contributed by atoms with Crippen LogP contribution in [0.15, 0.2) is 36.7 Å². The molecule has 1 aromatic carbocycles. The van der Waals surface area contributed by atoms with Gasteiger partial charge in [0.15, 0.2) is 0 Å². The average molecular weight is 204 g/mol. The van der Waals surface area contributed by atoms with Gasteiger partial charge in [-0.1, -0.05) is 6.07 Å². The molecule has 0 aliphatic heterocycles. The highest BCUT2D eigenvalue weighted by molar-refractivity contribution is 5.40. The molecule has 0 spiro atoms. The first-order valence-electron chi connectivity index (χ1n) is 4.62. The van der Waals surface area contributed by atoms with Crippen LogP contribution in [0.4, 0.5) is 0 Å². The SMILES string of the molecule is COc1cccc(-n2ccnc2CO)c1. The lowest BCUT2D eigenvalue weighted by atomic mass is 10.3. The molecule has 2 aromatic rings. The van der Waals surface area contributed by atoms with E-state index in [0.717, 1.165) is 11.4 Å². The van der Waals surface area contributed by atoms with Gasteiger partial charge in [0.25, 0.3) is 0 Å². The number of aliphatic hydroxyl groups is 1. The fourth-order valence-electron chi connectivity index (χ4n) is 1.45. The number of methoxy groups -OCH3 is 1. The first kappa shape index (κ1) is 9.73. The van der Waals surface area contributed by atoms with Gasteiger partial charge in [-0.2, -0.15) is 0 Å². The fraction of sp³-hybridized carbons (Fsp3) is 0.182. The molecule has 0 amide bonds. The number of hydrogen-bond acceptors (Lipinski definition) is 3. The number of aliphatic hydroxyl groups excluding tert-OH is 1. The summed E-state index contributed by atoms with van der Waals surface area (Å²) >= 11 is 0. The third-order valence-corrected chi connectivity index (χ3v) is 2.19. The van der Waals surface area contributed by atoms with Crippen molar-refractivity contribution in [3.8, 4) is 11.4 Å². The van der Waals surface area contributed by atoms with Crippen LogP contribution < -0.4 is 4.74 Å². The molecule has 0 unspecified atom stereocenters. The molecule has 15 heavy (non-hydrogen) atoms. The van der Waals surface area contributed by atoms with Crippen LogP contribution in [-0.2, 0) is 6.61 Å². The molecule has 4 heteroatoms. The van der Waals surface area contributed by atoms with Gasteiger partial charge in [-0.15, -0.1) is 0 Å². The van der Waals surface area contributed by atoms with Gasteiger partial charge in [-0.05, 0) is 12.1 Å². The minimum absolute atomic E-state index is 0.0792. The summed E-state index contributed by atoms with van der Waals surface area (Å²) in [7, 11) is 1.62. The van der Waals surface area contributed by atoms with Gasteiger partial charge < -0.3 is 14.4 Å². The second-order valence-electron chi connectivity index (χ2n) is 3.07. The highest BCUT2D eigenvalue weighted by Crippen LogP contribution is 2.17. The van der Waals surface area contributed by atoms with Crippen molar-refractivity contribution in [2.75, 3.05) is 7.11 Å². The van der Waals surface area contributed by atoms with E-state index in [0.29, 0.717) is 5.82 Å². The lowest BCUT2D eigenvalue weighted by Gasteiger charge is -2.07. The second kappa shape index (κ2) is 4.14. The lowest BCUT2D eigenvalue weighted by Crippen LogP contribution is -2.00. The summed E-state index contributed by atoms with van der Waals surface area (Å²) in [6, 6.07) is 7.60. The topological polar surface area (TPSA) is 47.3 Å². The highest BCUT2D eigenvalue weighted by atomic mass is 16.5. The van der Waals surface area contributed by atoms with Crippen molar-refractivity contribution in [1.29, 1.82) is 0 Å². The zero-order valence-electron chi connectivity index (χ0n) is 8.42. The molecular weight excluding hydrogens is 192 g/mol. The Morgan fingerprint density at radius 1 is 1.47 bits per heavy atom. The summed E-state index contributed by atoms with van der Waals surface area (Å²) < 4.78 is 6.95.